The van der Waals surface area contributed by atoms with Crippen molar-refractivity contribution in [3.63, 3.8) is 0 Å². The zero-order valence-corrected chi connectivity index (χ0v) is 11.9. The number of nitrogens with one attached hydrogen (secondary N) is 1. The van der Waals surface area contributed by atoms with Crippen LogP contribution < -0.4 is 10.2 Å². The van der Waals surface area contributed by atoms with Gasteiger partial charge in [0.15, 0.2) is 0 Å². The summed E-state index contributed by atoms with van der Waals surface area (Å²) in [6, 6.07) is 8.92. The van der Waals surface area contributed by atoms with Gasteiger partial charge < -0.3 is 10.2 Å². The first-order chi connectivity index (χ1) is 9.43. The Morgan fingerprint density at radius 1 is 1.05 bits per heavy atom. The molecule has 1 aromatic carbocycles. The number of benzene rings is 1. The maximum atomic E-state index is 3.54. The molecule has 1 heterocycles. The predicted octanol–water partition coefficient (Wildman–Crippen LogP) is 3.57. The molecule has 2 nitrogen and oxygen atoms in total. The molecule has 1 N–H and O–H groups in total. The SMILES string of the molecule is c1ccc2c(c1)CNCCN2CC1CCCCCC1. The highest BCUT2D eigenvalue weighted by atomic mass is 15.2. The van der Waals surface area contributed by atoms with Gasteiger partial charge in [0.25, 0.3) is 0 Å². The van der Waals surface area contributed by atoms with Crippen molar-refractivity contribution in [2.75, 3.05) is 24.5 Å². The topological polar surface area (TPSA) is 15.3 Å². The lowest BCUT2D eigenvalue weighted by Gasteiger charge is -2.29. The van der Waals surface area contributed by atoms with Gasteiger partial charge in [-0.25, -0.2) is 0 Å². The van der Waals surface area contributed by atoms with Crippen LogP contribution in [-0.2, 0) is 6.54 Å². The Balaban J connectivity index is 1.72. The fourth-order valence-electron chi connectivity index (χ4n) is 3.57. The molecule has 1 aliphatic heterocycles. The van der Waals surface area contributed by atoms with Crippen LogP contribution in [0.4, 0.5) is 5.69 Å². The van der Waals surface area contributed by atoms with Crippen LogP contribution >= 0.6 is 0 Å². The summed E-state index contributed by atoms with van der Waals surface area (Å²) in [6.45, 7) is 4.56. The molecule has 0 amide bonds. The van der Waals surface area contributed by atoms with E-state index < -0.39 is 0 Å². The molecule has 1 aliphatic carbocycles. The van der Waals surface area contributed by atoms with Gasteiger partial charge in [0.1, 0.15) is 0 Å². The molecule has 19 heavy (non-hydrogen) atoms. The Labute approximate surface area is 117 Å². The van der Waals surface area contributed by atoms with Crippen molar-refractivity contribution in [3.8, 4) is 0 Å². The molecule has 104 valence electrons. The summed E-state index contributed by atoms with van der Waals surface area (Å²) in [5.74, 6) is 0.911. The second-order valence-electron chi connectivity index (χ2n) is 6.11. The number of rotatable bonds is 2. The zero-order chi connectivity index (χ0) is 12.9. The summed E-state index contributed by atoms with van der Waals surface area (Å²) in [7, 11) is 0. The minimum Gasteiger partial charge on any atom is -0.370 e. The Hall–Kier alpha value is -1.02. The van der Waals surface area contributed by atoms with E-state index in [0.717, 1.165) is 25.6 Å². The Kier molecular flexibility index (Phi) is 4.39. The second kappa shape index (κ2) is 6.42. The van der Waals surface area contributed by atoms with Gasteiger partial charge in [0.2, 0.25) is 0 Å². The molecule has 0 spiro atoms. The van der Waals surface area contributed by atoms with E-state index in [1.807, 2.05) is 0 Å². The lowest BCUT2D eigenvalue weighted by atomic mass is 9.99. The molecule has 0 saturated heterocycles. The monoisotopic (exact) mass is 258 g/mol. The summed E-state index contributed by atoms with van der Waals surface area (Å²) >= 11 is 0. The number of fused-ring (bicyclic) bond motifs is 1. The smallest absolute Gasteiger partial charge is 0.0412 e. The van der Waals surface area contributed by atoms with Crippen molar-refractivity contribution in [1.82, 2.24) is 5.32 Å². The minimum absolute atomic E-state index is 0.911. The fraction of sp³-hybridized carbons (Fsp3) is 0.647. The van der Waals surface area contributed by atoms with E-state index in [1.54, 1.807) is 0 Å². The summed E-state index contributed by atoms with van der Waals surface area (Å²) in [4.78, 5) is 2.63. The van der Waals surface area contributed by atoms with Gasteiger partial charge in [0.05, 0.1) is 0 Å². The number of hydrogen-bond acceptors (Lipinski definition) is 2. The predicted molar refractivity (Wildman–Crippen MR) is 81.6 cm³/mol. The Morgan fingerprint density at radius 2 is 1.84 bits per heavy atom. The van der Waals surface area contributed by atoms with Crippen molar-refractivity contribution >= 4 is 5.69 Å². The van der Waals surface area contributed by atoms with Crippen molar-refractivity contribution in [2.45, 2.75) is 45.1 Å². The van der Waals surface area contributed by atoms with Crippen molar-refractivity contribution in [1.29, 1.82) is 0 Å². The molecular weight excluding hydrogens is 232 g/mol. The van der Waals surface area contributed by atoms with Gasteiger partial charge in [-0.05, 0) is 30.4 Å². The Morgan fingerprint density at radius 3 is 2.68 bits per heavy atom. The standard InChI is InChI=1S/C17H26N2/c1-2-4-8-15(7-3-1)14-19-12-11-18-13-16-9-5-6-10-17(16)19/h5-6,9-10,15,18H,1-4,7-8,11-14H2. The van der Waals surface area contributed by atoms with Crippen LogP contribution in [0.3, 0.4) is 0 Å². The van der Waals surface area contributed by atoms with Gasteiger partial charge >= 0.3 is 0 Å². The molecule has 3 rings (SSSR count). The first kappa shape index (κ1) is 13.0. The van der Waals surface area contributed by atoms with Crippen LogP contribution in [0.1, 0.15) is 44.1 Å². The molecule has 2 heteroatoms. The van der Waals surface area contributed by atoms with E-state index in [4.69, 9.17) is 0 Å². The van der Waals surface area contributed by atoms with Crippen molar-refractivity contribution < 1.29 is 0 Å². The lowest BCUT2D eigenvalue weighted by Crippen LogP contribution is -2.33. The quantitative estimate of drug-likeness (QED) is 0.816. The van der Waals surface area contributed by atoms with Gasteiger partial charge in [-0.2, -0.15) is 0 Å². The highest BCUT2D eigenvalue weighted by Gasteiger charge is 2.19. The highest BCUT2D eigenvalue weighted by molar-refractivity contribution is 5.54. The Bertz CT molecular complexity index is 394. The zero-order valence-electron chi connectivity index (χ0n) is 11.9. The third kappa shape index (κ3) is 3.30. The van der Waals surface area contributed by atoms with Gasteiger partial charge in [-0.15, -0.1) is 0 Å². The van der Waals surface area contributed by atoms with Crippen molar-refractivity contribution in [3.05, 3.63) is 29.8 Å². The average Bonchev–Trinajstić information content (AvgIpc) is 2.81. The number of anilines is 1. The largest absolute Gasteiger partial charge is 0.370 e. The van der Waals surface area contributed by atoms with Crippen molar-refractivity contribution in [2.24, 2.45) is 5.92 Å². The molecule has 1 aromatic rings. The molecular formula is C17H26N2. The number of nitrogens with zero attached hydrogens (tertiary/aromatic N) is 1. The molecule has 0 aromatic heterocycles. The van der Waals surface area contributed by atoms with Crippen LogP contribution in [0.2, 0.25) is 0 Å². The molecule has 1 fully saturated rings. The fourth-order valence-corrected chi connectivity index (χ4v) is 3.57. The molecule has 0 bridgehead atoms. The number of para-hydroxylation sites is 1. The van der Waals surface area contributed by atoms with E-state index in [9.17, 15) is 0 Å². The van der Waals surface area contributed by atoms with Crippen LogP contribution in [-0.4, -0.2) is 19.6 Å². The second-order valence-corrected chi connectivity index (χ2v) is 6.11. The first-order valence-electron chi connectivity index (χ1n) is 7.97. The average molecular weight is 258 g/mol. The summed E-state index contributed by atoms with van der Waals surface area (Å²) < 4.78 is 0. The normalized spacial score (nSPS) is 21.6. The maximum Gasteiger partial charge on any atom is 0.0412 e. The molecule has 0 radical (unpaired) electrons. The third-order valence-electron chi connectivity index (χ3n) is 4.66. The minimum atomic E-state index is 0.911. The molecule has 0 unspecified atom stereocenters. The first-order valence-corrected chi connectivity index (χ1v) is 7.97. The summed E-state index contributed by atoms with van der Waals surface area (Å²) in [6.07, 6.45) is 8.66. The van der Waals surface area contributed by atoms with Crippen LogP contribution in [0.25, 0.3) is 0 Å². The van der Waals surface area contributed by atoms with Crippen LogP contribution in [0.15, 0.2) is 24.3 Å². The van der Waals surface area contributed by atoms with Gasteiger partial charge in [-0.3, -0.25) is 0 Å². The molecule has 0 atom stereocenters. The van der Waals surface area contributed by atoms with E-state index in [-0.39, 0.29) is 0 Å². The number of hydrogen-bond donors (Lipinski definition) is 1. The third-order valence-corrected chi connectivity index (χ3v) is 4.66. The van der Waals surface area contributed by atoms with Gasteiger partial charge in [-0.1, -0.05) is 43.9 Å². The molecule has 2 aliphatic rings. The molecule has 1 saturated carbocycles. The van der Waals surface area contributed by atoms with Gasteiger partial charge in [0, 0.05) is 31.9 Å². The summed E-state index contributed by atoms with van der Waals surface area (Å²) in [5.41, 5.74) is 2.94. The van der Waals surface area contributed by atoms with E-state index in [2.05, 4.69) is 34.5 Å². The lowest BCUT2D eigenvalue weighted by molar-refractivity contribution is 0.453. The van der Waals surface area contributed by atoms with E-state index in [0.29, 0.717) is 0 Å². The maximum absolute atomic E-state index is 3.54. The highest BCUT2D eigenvalue weighted by Crippen LogP contribution is 2.28. The van der Waals surface area contributed by atoms with E-state index in [1.165, 1.54) is 56.3 Å². The van der Waals surface area contributed by atoms with E-state index >= 15 is 0 Å². The van der Waals surface area contributed by atoms with Crippen LogP contribution in [0.5, 0.6) is 0 Å². The summed E-state index contributed by atoms with van der Waals surface area (Å²) in [5, 5.41) is 3.54. The van der Waals surface area contributed by atoms with Crippen LogP contribution in [0, 0.1) is 5.92 Å².